The van der Waals surface area contributed by atoms with Gasteiger partial charge in [0.15, 0.2) is 0 Å². The molecule has 0 aliphatic carbocycles. The predicted octanol–water partition coefficient (Wildman–Crippen LogP) is 3.27. The van der Waals surface area contributed by atoms with Gasteiger partial charge in [0.25, 0.3) is 0 Å². The summed E-state index contributed by atoms with van der Waals surface area (Å²) in [5, 5.41) is 8.61. The Balaban J connectivity index is 2.02. The van der Waals surface area contributed by atoms with Crippen LogP contribution in [-0.4, -0.2) is 16.3 Å². The van der Waals surface area contributed by atoms with Crippen LogP contribution in [0.3, 0.4) is 0 Å². The van der Waals surface area contributed by atoms with E-state index >= 15 is 0 Å². The van der Waals surface area contributed by atoms with Crippen LogP contribution in [0.25, 0.3) is 5.69 Å². The van der Waals surface area contributed by atoms with E-state index in [0.29, 0.717) is 5.92 Å². The standard InChI is InChI=1S/C14H18ClN3/c1-11(2)9-16-10-13-6-7-18(17-13)14-5-3-4-12(15)8-14/h3-8,11,16H,9-10H2,1-2H3. The first-order chi connectivity index (χ1) is 8.65. The molecule has 2 rings (SSSR count). The van der Waals surface area contributed by atoms with Crippen molar-refractivity contribution in [3.05, 3.63) is 47.2 Å². The summed E-state index contributed by atoms with van der Waals surface area (Å²) in [6, 6.07) is 9.70. The van der Waals surface area contributed by atoms with Gasteiger partial charge in [0.1, 0.15) is 0 Å². The maximum absolute atomic E-state index is 5.97. The lowest BCUT2D eigenvalue weighted by atomic mass is 10.2. The van der Waals surface area contributed by atoms with Crippen molar-refractivity contribution < 1.29 is 0 Å². The number of nitrogens with one attached hydrogen (secondary N) is 1. The number of rotatable bonds is 5. The lowest BCUT2D eigenvalue weighted by Crippen LogP contribution is -2.19. The molecule has 1 aromatic heterocycles. The van der Waals surface area contributed by atoms with Crippen LogP contribution in [-0.2, 0) is 6.54 Å². The molecule has 1 aromatic carbocycles. The second-order valence-corrected chi connectivity index (χ2v) is 5.19. The fourth-order valence-electron chi connectivity index (χ4n) is 1.71. The predicted molar refractivity (Wildman–Crippen MR) is 75.1 cm³/mol. The smallest absolute Gasteiger partial charge is 0.0766 e. The van der Waals surface area contributed by atoms with Gasteiger partial charge in [0, 0.05) is 17.8 Å². The summed E-state index contributed by atoms with van der Waals surface area (Å²) in [7, 11) is 0. The molecule has 0 radical (unpaired) electrons. The van der Waals surface area contributed by atoms with Crippen LogP contribution < -0.4 is 5.32 Å². The van der Waals surface area contributed by atoms with Crippen molar-refractivity contribution in [1.29, 1.82) is 0 Å². The highest BCUT2D eigenvalue weighted by atomic mass is 35.5. The summed E-state index contributed by atoms with van der Waals surface area (Å²) < 4.78 is 1.85. The molecule has 0 spiro atoms. The van der Waals surface area contributed by atoms with Crippen molar-refractivity contribution >= 4 is 11.6 Å². The third-order valence-electron chi connectivity index (χ3n) is 2.58. The minimum Gasteiger partial charge on any atom is -0.311 e. The van der Waals surface area contributed by atoms with Gasteiger partial charge in [-0.3, -0.25) is 0 Å². The molecule has 2 aromatic rings. The fraction of sp³-hybridized carbons (Fsp3) is 0.357. The molecule has 18 heavy (non-hydrogen) atoms. The minimum atomic E-state index is 0.653. The molecule has 0 fully saturated rings. The maximum atomic E-state index is 5.97. The summed E-state index contributed by atoms with van der Waals surface area (Å²) in [6.45, 7) is 6.19. The first-order valence-corrected chi connectivity index (χ1v) is 6.54. The highest BCUT2D eigenvalue weighted by Gasteiger charge is 2.02. The van der Waals surface area contributed by atoms with Crippen molar-refractivity contribution in [3.8, 4) is 5.69 Å². The number of halogens is 1. The zero-order valence-electron chi connectivity index (χ0n) is 10.7. The Morgan fingerprint density at radius 2 is 2.17 bits per heavy atom. The SMILES string of the molecule is CC(C)CNCc1ccn(-c2cccc(Cl)c2)n1. The lowest BCUT2D eigenvalue weighted by molar-refractivity contribution is 0.546. The molecule has 0 amide bonds. The highest BCUT2D eigenvalue weighted by Crippen LogP contribution is 2.14. The van der Waals surface area contributed by atoms with Crippen molar-refractivity contribution in [3.63, 3.8) is 0 Å². The van der Waals surface area contributed by atoms with E-state index in [0.717, 1.165) is 29.5 Å². The van der Waals surface area contributed by atoms with E-state index in [4.69, 9.17) is 11.6 Å². The maximum Gasteiger partial charge on any atom is 0.0766 e. The van der Waals surface area contributed by atoms with Gasteiger partial charge in [-0.05, 0) is 36.7 Å². The molecule has 0 unspecified atom stereocenters. The average molecular weight is 264 g/mol. The van der Waals surface area contributed by atoms with E-state index in [9.17, 15) is 0 Å². The zero-order chi connectivity index (χ0) is 13.0. The summed E-state index contributed by atoms with van der Waals surface area (Å²) in [5.41, 5.74) is 2.02. The molecule has 96 valence electrons. The van der Waals surface area contributed by atoms with E-state index in [1.807, 2.05) is 41.2 Å². The average Bonchev–Trinajstić information content (AvgIpc) is 2.77. The zero-order valence-corrected chi connectivity index (χ0v) is 11.5. The molecule has 1 N–H and O–H groups in total. The van der Waals surface area contributed by atoms with E-state index < -0.39 is 0 Å². The van der Waals surface area contributed by atoms with Gasteiger partial charge in [-0.25, -0.2) is 4.68 Å². The number of nitrogens with zero attached hydrogens (tertiary/aromatic N) is 2. The van der Waals surface area contributed by atoms with Gasteiger partial charge in [-0.2, -0.15) is 5.10 Å². The molecule has 3 nitrogen and oxygen atoms in total. The van der Waals surface area contributed by atoms with Gasteiger partial charge in [-0.1, -0.05) is 31.5 Å². The van der Waals surface area contributed by atoms with Crippen LogP contribution >= 0.6 is 11.6 Å². The first kappa shape index (κ1) is 13.1. The summed E-state index contributed by atoms with van der Waals surface area (Å²) in [6.07, 6.45) is 1.96. The Morgan fingerprint density at radius 1 is 1.33 bits per heavy atom. The normalized spacial score (nSPS) is 11.1. The number of hydrogen-bond acceptors (Lipinski definition) is 2. The van der Waals surface area contributed by atoms with Gasteiger partial charge < -0.3 is 5.32 Å². The molecule has 0 aliphatic rings. The Hall–Kier alpha value is -1.32. The molecule has 4 heteroatoms. The molecule has 0 saturated heterocycles. The Labute approximate surface area is 113 Å². The lowest BCUT2D eigenvalue weighted by Gasteiger charge is -2.05. The molecular weight excluding hydrogens is 246 g/mol. The summed E-state index contributed by atoms with van der Waals surface area (Å²) in [4.78, 5) is 0. The Bertz CT molecular complexity index is 505. The van der Waals surface area contributed by atoms with Crippen LogP contribution in [0.1, 0.15) is 19.5 Å². The highest BCUT2D eigenvalue weighted by molar-refractivity contribution is 6.30. The van der Waals surface area contributed by atoms with Crippen molar-refractivity contribution in [2.75, 3.05) is 6.54 Å². The van der Waals surface area contributed by atoms with Gasteiger partial charge in [0.05, 0.1) is 11.4 Å². The summed E-state index contributed by atoms with van der Waals surface area (Å²) >= 11 is 5.97. The van der Waals surface area contributed by atoms with E-state index in [1.54, 1.807) is 0 Å². The van der Waals surface area contributed by atoms with Crippen LogP contribution in [0.4, 0.5) is 0 Å². The topological polar surface area (TPSA) is 29.9 Å². The Morgan fingerprint density at radius 3 is 2.89 bits per heavy atom. The quantitative estimate of drug-likeness (QED) is 0.897. The molecule has 0 bridgehead atoms. The first-order valence-electron chi connectivity index (χ1n) is 6.16. The van der Waals surface area contributed by atoms with Crippen molar-refractivity contribution in [2.45, 2.75) is 20.4 Å². The number of hydrogen-bond donors (Lipinski definition) is 1. The largest absolute Gasteiger partial charge is 0.311 e. The molecular formula is C14H18ClN3. The number of benzene rings is 1. The third-order valence-corrected chi connectivity index (χ3v) is 2.81. The summed E-state index contributed by atoms with van der Waals surface area (Å²) in [5.74, 6) is 0.653. The van der Waals surface area contributed by atoms with Crippen molar-refractivity contribution in [1.82, 2.24) is 15.1 Å². The molecule has 1 heterocycles. The monoisotopic (exact) mass is 263 g/mol. The van der Waals surface area contributed by atoms with Crippen LogP contribution in [0.5, 0.6) is 0 Å². The van der Waals surface area contributed by atoms with Gasteiger partial charge >= 0.3 is 0 Å². The van der Waals surface area contributed by atoms with E-state index in [2.05, 4.69) is 24.3 Å². The van der Waals surface area contributed by atoms with E-state index in [-0.39, 0.29) is 0 Å². The van der Waals surface area contributed by atoms with Crippen molar-refractivity contribution in [2.24, 2.45) is 5.92 Å². The second kappa shape index (κ2) is 6.03. The van der Waals surface area contributed by atoms with Crippen LogP contribution in [0.2, 0.25) is 5.02 Å². The van der Waals surface area contributed by atoms with Crippen LogP contribution in [0.15, 0.2) is 36.5 Å². The third kappa shape index (κ3) is 3.59. The fourth-order valence-corrected chi connectivity index (χ4v) is 1.89. The molecule has 0 saturated carbocycles. The Kier molecular flexibility index (Phi) is 4.39. The van der Waals surface area contributed by atoms with Gasteiger partial charge in [0.2, 0.25) is 0 Å². The number of aromatic nitrogens is 2. The molecule has 0 aliphatic heterocycles. The molecule has 0 atom stereocenters. The van der Waals surface area contributed by atoms with Crippen LogP contribution in [0, 0.1) is 5.92 Å². The van der Waals surface area contributed by atoms with Gasteiger partial charge in [-0.15, -0.1) is 0 Å². The minimum absolute atomic E-state index is 0.653. The second-order valence-electron chi connectivity index (χ2n) is 4.76. The van der Waals surface area contributed by atoms with E-state index in [1.165, 1.54) is 0 Å².